The summed E-state index contributed by atoms with van der Waals surface area (Å²) < 4.78 is 46.6. The van der Waals surface area contributed by atoms with Crippen molar-refractivity contribution in [2.24, 2.45) is 0 Å². The van der Waals surface area contributed by atoms with Crippen molar-refractivity contribution >= 4 is 53.3 Å². The molecule has 11 rings (SSSR count). The average Bonchev–Trinajstić information content (AvgIpc) is 3.84. The van der Waals surface area contributed by atoms with E-state index in [0.717, 1.165) is 55.3 Å². The highest BCUT2D eigenvalue weighted by molar-refractivity contribution is 7.25. The number of alkyl halides is 3. The molecular formula is C53H33F3N4S. The van der Waals surface area contributed by atoms with Gasteiger partial charge in [0.05, 0.1) is 22.3 Å². The Bertz CT molecular complexity index is 3420. The lowest BCUT2D eigenvalue weighted by atomic mass is 9.98. The molecule has 11 aromatic rings. The van der Waals surface area contributed by atoms with Gasteiger partial charge in [-0.15, -0.1) is 11.3 Å². The van der Waals surface area contributed by atoms with E-state index in [1.165, 1.54) is 32.3 Å². The maximum Gasteiger partial charge on any atom is 0.416 e. The van der Waals surface area contributed by atoms with Crippen molar-refractivity contribution in [3.63, 3.8) is 0 Å². The van der Waals surface area contributed by atoms with Crippen molar-refractivity contribution in [1.29, 1.82) is 0 Å². The van der Waals surface area contributed by atoms with Crippen LogP contribution in [0.25, 0.3) is 104 Å². The fraction of sp³-hybridized carbons (Fsp3) is 0.0377. The fourth-order valence-corrected chi connectivity index (χ4v) is 9.59. The number of aryl methyl sites for hydroxylation is 1. The van der Waals surface area contributed by atoms with Crippen LogP contribution in [0.4, 0.5) is 13.2 Å². The van der Waals surface area contributed by atoms with Crippen molar-refractivity contribution < 1.29 is 13.2 Å². The molecule has 61 heavy (non-hydrogen) atoms. The third kappa shape index (κ3) is 6.53. The molecule has 0 fully saturated rings. The summed E-state index contributed by atoms with van der Waals surface area (Å²) in [7, 11) is 0. The molecule has 0 bridgehead atoms. The first-order chi connectivity index (χ1) is 29.7. The Balaban J connectivity index is 1.17. The first kappa shape index (κ1) is 36.6. The molecule has 4 nitrogen and oxygen atoms in total. The predicted octanol–water partition coefficient (Wildman–Crippen LogP) is 15.0. The first-order valence-electron chi connectivity index (χ1n) is 19.9. The molecular weight excluding hydrogens is 782 g/mol. The lowest BCUT2D eigenvalue weighted by Gasteiger charge is -2.16. The minimum Gasteiger partial charge on any atom is -0.309 e. The summed E-state index contributed by atoms with van der Waals surface area (Å²) in [6.07, 6.45) is -4.46. The fourth-order valence-electron chi connectivity index (χ4n) is 8.45. The van der Waals surface area contributed by atoms with Crippen LogP contribution in [-0.4, -0.2) is 19.5 Å². The number of para-hydroxylation sites is 1. The first-order valence-corrected chi connectivity index (χ1v) is 20.7. The van der Waals surface area contributed by atoms with Crippen LogP contribution in [-0.2, 0) is 6.18 Å². The van der Waals surface area contributed by atoms with Gasteiger partial charge in [0, 0.05) is 47.6 Å². The van der Waals surface area contributed by atoms with Crippen LogP contribution < -0.4 is 0 Å². The van der Waals surface area contributed by atoms with Crippen molar-refractivity contribution in [1.82, 2.24) is 19.5 Å². The average molecular weight is 815 g/mol. The summed E-state index contributed by atoms with van der Waals surface area (Å²) in [6.45, 7) is 1.70. The number of aromatic nitrogens is 4. The Morgan fingerprint density at radius 1 is 0.426 bits per heavy atom. The highest BCUT2D eigenvalue weighted by Gasteiger charge is 2.31. The zero-order valence-electron chi connectivity index (χ0n) is 32.7. The summed E-state index contributed by atoms with van der Waals surface area (Å²) in [4.78, 5) is 15.4. The van der Waals surface area contributed by atoms with Crippen LogP contribution in [0.5, 0.6) is 0 Å². The summed E-state index contributed by atoms with van der Waals surface area (Å²) in [5, 5.41) is 4.36. The smallest absolute Gasteiger partial charge is 0.309 e. The molecule has 0 aliphatic rings. The molecule has 0 saturated heterocycles. The van der Waals surface area contributed by atoms with Gasteiger partial charge in [0.1, 0.15) is 0 Å². The second-order valence-electron chi connectivity index (χ2n) is 15.2. The van der Waals surface area contributed by atoms with Gasteiger partial charge >= 0.3 is 6.18 Å². The number of halogens is 3. The monoisotopic (exact) mass is 814 g/mol. The zero-order chi connectivity index (χ0) is 41.2. The molecule has 0 spiro atoms. The zero-order valence-corrected chi connectivity index (χ0v) is 33.5. The lowest BCUT2D eigenvalue weighted by Crippen LogP contribution is -2.05. The molecule has 0 aliphatic heterocycles. The van der Waals surface area contributed by atoms with Crippen LogP contribution in [0.1, 0.15) is 11.1 Å². The molecule has 0 N–H and O–H groups in total. The molecule has 8 heteroatoms. The minimum atomic E-state index is -4.46. The summed E-state index contributed by atoms with van der Waals surface area (Å²) >= 11 is 1.78. The van der Waals surface area contributed by atoms with Crippen molar-refractivity contribution in [3.05, 3.63) is 193 Å². The van der Waals surface area contributed by atoms with E-state index in [1.807, 2.05) is 91.0 Å². The van der Waals surface area contributed by atoms with Crippen molar-refractivity contribution in [2.45, 2.75) is 13.1 Å². The van der Waals surface area contributed by atoms with E-state index in [-0.39, 0.29) is 0 Å². The number of hydrogen-bond donors (Lipinski definition) is 0. The number of rotatable bonds is 6. The van der Waals surface area contributed by atoms with Crippen LogP contribution >= 0.6 is 11.3 Å². The summed E-state index contributed by atoms with van der Waals surface area (Å²) in [6, 6.07) is 59.7. The topological polar surface area (TPSA) is 43.6 Å². The molecule has 8 aromatic carbocycles. The predicted molar refractivity (Wildman–Crippen MR) is 244 cm³/mol. The van der Waals surface area contributed by atoms with Gasteiger partial charge in [0.15, 0.2) is 17.5 Å². The Hall–Kier alpha value is -7.42. The van der Waals surface area contributed by atoms with Crippen LogP contribution in [0.2, 0.25) is 0 Å². The van der Waals surface area contributed by atoms with Crippen LogP contribution in [0, 0.1) is 6.92 Å². The number of fused-ring (bicyclic) bond motifs is 6. The summed E-state index contributed by atoms with van der Waals surface area (Å²) in [5.74, 6) is 1.61. The number of nitrogens with zero attached hydrogens (tertiary/aromatic N) is 4. The van der Waals surface area contributed by atoms with E-state index in [4.69, 9.17) is 15.0 Å². The van der Waals surface area contributed by atoms with Crippen molar-refractivity contribution in [2.75, 3.05) is 0 Å². The largest absolute Gasteiger partial charge is 0.416 e. The van der Waals surface area contributed by atoms with Gasteiger partial charge in [0.25, 0.3) is 0 Å². The Labute approximate surface area is 352 Å². The van der Waals surface area contributed by atoms with E-state index >= 15 is 0 Å². The molecule has 0 amide bonds. The van der Waals surface area contributed by atoms with E-state index in [0.29, 0.717) is 34.2 Å². The second kappa shape index (κ2) is 14.4. The minimum absolute atomic E-state index is 0.509. The highest BCUT2D eigenvalue weighted by atomic mass is 32.1. The van der Waals surface area contributed by atoms with Crippen LogP contribution in [0.3, 0.4) is 0 Å². The van der Waals surface area contributed by atoms with Gasteiger partial charge in [-0.3, -0.25) is 0 Å². The number of thiophene rings is 1. The van der Waals surface area contributed by atoms with E-state index in [2.05, 4.69) is 77.4 Å². The van der Waals surface area contributed by atoms with Gasteiger partial charge in [0.2, 0.25) is 0 Å². The quantitative estimate of drug-likeness (QED) is 0.168. The number of hydrogen-bond acceptors (Lipinski definition) is 4. The van der Waals surface area contributed by atoms with Crippen molar-refractivity contribution in [3.8, 4) is 62.1 Å². The molecule has 0 atom stereocenters. The standard InChI is InChI=1S/C53H33F3N4S/c1-32-26-38(28-39(27-32)53(54,55)56)36-22-24-46-43(29-36)40-16-8-10-18-45(40)60(46)47-25-21-35(37-20-23-42-41-17-9-11-19-48(41)61-49(42)31-37)30-44(47)52-58-50(33-12-4-2-5-13-33)57-51(59-52)34-14-6-3-7-15-34/h2-31H,1H3. The molecule has 292 valence electrons. The van der Waals surface area contributed by atoms with Gasteiger partial charge in [-0.25, -0.2) is 15.0 Å². The van der Waals surface area contributed by atoms with Gasteiger partial charge in [-0.1, -0.05) is 127 Å². The third-order valence-corrected chi connectivity index (χ3v) is 12.4. The normalized spacial score (nSPS) is 11.9. The van der Waals surface area contributed by atoms with Gasteiger partial charge in [-0.2, -0.15) is 13.2 Å². The number of benzene rings is 8. The SMILES string of the molecule is Cc1cc(-c2ccc3c(c2)c2ccccc2n3-c2ccc(-c3ccc4c(c3)sc3ccccc34)cc2-c2nc(-c3ccccc3)nc(-c3ccccc3)n2)cc(C(F)(F)F)c1. The maximum atomic E-state index is 14.0. The van der Waals surface area contributed by atoms with E-state index in [9.17, 15) is 13.2 Å². The van der Waals surface area contributed by atoms with Crippen LogP contribution in [0.15, 0.2) is 182 Å². The highest BCUT2D eigenvalue weighted by Crippen LogP contribution is 2.42. The lowest BCUT2D eigenvalue weighted by molar-refractivity contribution is -0.137. The van der Waals surface area contributed by atoms with Gasteiger partial charge < -0.3 is 4.57 Å². The maximum absolute atomic E-state index is 14.0. The Morgan fingerprint density at radius 3 is 1.74 bits per heavy atom. The summed E-state index contributed by atoms with van der Waals surface area (Å²) in [5.41, 5.74) is 8.39. The Morgan fingerprint density at radius 2 is 1.00 bits per heavy atom. The molecule has 0 saturated carbocycles. The Kier molecular flexibility index (Phi) is 8.65. The molecule has 3 aromatic heterocycles. The molecule has 0 radical (unpaired) electrons. The third-order valence-electron chi connectivity index (χ3n) is 11.3. The molecule has 3 heterocycles. The molecule has 0 aliphatic carbocycles. The van der Waals surface area contributed by atoms with Gasteiger partial charge in [-0.05, 0) is 89.3 Å². The second-order valence-corrected chi connectivity index (χ2v) is 16.3. The molecule has 0 unspecified atom stereocenters. The van der Waals surface area contributed by atoms with E-state index in [1.54, 1.807) is 24.3 Å². The van der Waals surface area contributed by atoms with E-state index < -0.39 is 11.7 Å².